The number of rotatable bonds is 11. The molecule has 0 unspecified atom stereocenters. The molecule has 3 radical (unpaired) electrons. The van der Waals surface area contributed by atoms with E-state index < -0.39 is 30.9 Å². The van der Waals surface area contributed by atoms with E-state index in [1.54, 1.807) is 0 Å². The van der Waals surface area contributed by atoms with E-state index in [0.717, 1.165) is 18.9 Å². The van der Waals surface area contributed by atoms with Gasteiger partial charge in [0.2, 0.25) is 0 Å². The van der Waals surface area contributed by atoms with E-state index in [-0.39, 0.29) is 0 Å². The zero-order chi connectivity index (χ0) is 17.7. The van der Waals surface area contributed by atoms with Crippen LogP contribution in [-0.2, 0) is 13.3 Å². The van der Waals surface area contributed by atoms with E-state index in [2.05, 4.69) is 69.2 Å². The summed E-state index contributed by atoms with van der Waals surface area (Å²) in [6.07, 6.45) is 4.26. The van der Waals surface area contributed by atoms with Crippen LogP contribution in [0, 0.1) is 0 Å². The van der Waals surface area contributed by atoms with Gasteiger partial charge in [0, 0.05) is 16.7 Å². The highest BCUT2D eigenvalue weighted by Crippen LogP contribution is 2.33. The maximum Gasteiger partial charge on any atom is 0.254 e. The first-order valence-electron chi connectivity index (χ1n) is 8.43. The lowest BCUT2D eigenvalue weighted by Crippen LogP contribution is -2.55. The van der Waals surface area contributed by atoms with Gasteiger partial charge >= 0.3 is 0 Å². The summed E-state index contributed by atoms with van der Waals surface area (Å²) in [6, 6.07) is 1.05. The molecule has 0 aromatic carbocycles. The zero-order valence-corrected chi connectivity index (χ0v) is 20.3. The lowest BCUT2D eigenvalue weighted by Gasteiger charge is -2.45. The summed E-state index contributed by atoms with van der Waals surface area (Å²) >= 11 is 0. The molecule has 0 fully saturated rings. The highest BCUT2D eigenvalue weighted by molar-refractivity contribution is 6.72. The predicted octanol–water partition coefficient (Wildman–Crippen LogP) is 5.34. The Hall–Kier alpha value is 0.748. The van der Waals surface area contributed by atoms with Gasteiger partial charge in [0.05, 0.1) is 0 Å². The largest absolute Gasteiger partial charge is 0.371 e. The van der Waals surface area contributed by atoms with Crippen LogP contribution in [-0.4, -0.2) is 41.2 Å². The molecule has 0 amide bonds. The third-order valence-electron chi connectivity index (χ3n) is 2.54. The van der Waals surface area contributed by atoms with Crippen LogP contribution >= 0.6 is 0 Å². The quantitative estimate of drug-likeness (QED) is 0.276. The zero-order valence-electron chi connectivity index (χ0n) is 16.3. The first-order valence-corrected chi connectivity index (χ1v) is 19.4. The minimum absolute atomic E-state index is 0.828. The summed E-state index contributed by atoms with van der Waals surface area (Å²) in [5, 5.41) is 0. The molecule has 0 spiro atoms. The summed E-state index contributed by atoms with van der Waals surface area (Å²) in [5.41, 5.74) is 0. The molecule has 0 aromatic rings. The Kier molecular flexibility index (Phi) is 9.03. The number of unbranched alkanes of at least 4 members (excludes halogenated alkanes) is 2. The van der Waals surface area contributed by atoms with Gasteiger partial charge in [-0.05, 0) is 65.3 Å². The Labute approximate surface area is 145 Å². The molecular weight excluding hydrogens is 341 g/mol. The Bertz CT molecular complexity index is 275. The van der Waals surface area contributed by atoms with Gasteiger partial charge in [-0.2, -0.15) is 0 Å². The van der Waals surface area contributed by atoms with Crippen molar-refractivity contribution >= 4 is 35.2 Å². The van der Waals surface area contributed by atoms with Gasteiger partial charge in [0.15, 0.2) is 25.0 Å². The van der Waals surface area contributed by atoms with E-state index in [1.807, 2.05) is 0 Å². The second-order valence-electron chi connectivity index (χ2n) is 8.89. The van der Waals surface area contributed by atoms with Crippen molar-refractivity contribution in [1.29, 1.82) is 0 Å². The minimum Gasteiger partial charge on any atom is -0.371 e. The van der Waals surface area contributed by atoms with Crippen molar-refractivity contribution in [2.45, 2.75) is 96.6 Å². The van der Waals surface area contributed by atoms with Crippen molar-refractivity contribution in [1.82, 2.24) is 0 Å². The normalized spacial score (nSPS) is 14.5. The van der Waals surface area contributed by atoms with Crippen molar-refractivity contribution in [3.05, 3.63) is 0 Å². The topological polar surface area (TPSA) is 27.7 Å². The monoisotopic (exact) mass is 377 g/mol. The highest BCUT2D eigenvalue weighted by Gasteiger charge is 2.44. The molecule has 0 saturated carbocycles. The molecule has 0 heterocycles. The molecule has 0 N–H and O–H groups in total. The molecule has 0 aliphatic carbocycles. The van der Waals surface area contributed by atoms with E-state index in [1.165, 1.54) is 12.8 Å². The van der Waals surface area contributed by atoms with E-state index in [0.29, 0.717) is 0 Å². The number of hydrogen-bond donors (Lipinski definition) is 0. The standard InChI is InChI=1S/C15H37O3Si4/c1-20(2,3)16-15(17-21(4,5)6,18-22(7,8)9)13-11-10-12-14-19/h10-14H2,1-9H3. The van der Waals surface area contributed by atoms with Gasteiger partial charge in [-0.25, -0.2) is 0 Å². The second-order valence-corrected chi connectivity index (χ2v) is 22.7. The average molecular weight is 378 g/mol. The first-order chi connectivity index (χ1) is 9.68. The van der Waals surface area contributed by atoms with Crippen LogP contribution in [0.3, 0.4) is 0 Å². The molecule has 3 nitrogen and oxygen atoms in total. The van der Waals surface area contributed by atoms with Gasteiger partial charge in [0.25, 0.3) is 5.97 Å². The van der Waals surface area contributed by atoms with Gasteiger partial charge in [-0.15, -0.1) is 0 Å². The van der Waals surface area contributed by atoms with E-state index in [4.69, 9.17) is 13.3 Å². The lowest BCUT2D eigenvalue weighted by atomic mass is 10.2. The Morgan fingerprint density at radius 3 is 1.27 bits per heavy atom. The van der Waals surface area contributed by atoms with Crippen LogP contribution in [0.5, 0.6) is 0 Å². The van der Waals surface area contributed by atoms with E-state index in [9.17, 15) is 0 Å². The van der Waals surface area contributed by atoms with Crippen molar-refractivity contribution in [2.24, 2.45) is 0 Å². The molecular formula is C15H37O3Si4. The van der Waals surface area contributed by atoms with Crippen molar-refractivity contribution < 1.29 is 13.3 Å². The molecule has 22 heavy (non-hydrogen) atoms. The van der Waals surface area contributed by atoms with Gasteiger partial charge < -0.3 is 13.3 Å². The summed E-state index contributed by atoms with van der Waals surface area (Å²) in [5.74, 6) is -0.828. The van der Waals surface area contributed by atoms with Crippen LogP contribution in [0.1, 0.15) is 25.7 Å². The fourth-order valence-corrected chi connectivity index (χ4v) is 6.11. The molecule has 0 saturated heterocycles. The molecule has 0 bridgehead atoms. The van der Waals surface area contributed by atoms with Crippen LogP contribution < -0.4 is 0 Å². The highest BCUT2D eigenvalue weighted by atomic mass is 28.4. The van der Waals surface area contributed by atoms with E-state index >= 15 is 0 Å². The van der Waals surface area contributed by atoms with Gasteiger partial charge in [-0.1, -0.05) is 18.9 Å². The van der Waals surface area contributed by atoms with Crippen LogP contribution in [0.15, 0.2) is 0 Å². The van der Waals surface area contributed by atoms with Crippen LogP contribution in [0.2, 0.25) is 65.0 Å². The fourth-order valence-electron chi connectivity index (χ4n) is 2.26. The Morgan fingerprint density at radius 2 is 1.00 bits per heavy atom. The SMILES string of the molecule is C[Si](C)(C)OC(CCCCC[Si])(O[Si](C)(C)C)O[Si](C)(C)C. The predicted molar refractivity (Wildman–Crippen MR) is 105 cm³/mol. The Balaban J connectivity index is 5.30. The molecule has 0 aliphatic heterocycles. The maximum absolute atomic E-state index is 6.51. The molecule has 7 heteroatoms. The van der Waals surface area contributed by atoms with Gasteiger partial charge in [0.1, 0.15) is 0 Å². The maximum atomic E-state index is 6.51. The molecule has 0 atom stereocenters. The number of hydrogen-bond acceptors (Lipinski definition) is 3. The third kappa shape index (κ3) is 12.2. The average Bonchev–Trinajstić information content (AvgIpc) is 2.16. The third-order valence-corrected chi connectivity index (χ3v) is 5.67. The van der Waals surface area contributed by atoms with Crippen molar-refractivity contribution in [3.63, 3.8) is 0 Å². The minimum atomic E-state index is -1.78. The summed E-state index contributed by atoms with van der Waals surface area (Å²) < 4.78 is 19.5. The van der Waals surface area contributed by atoms with Crippen LogP contribution in [0.4, 0.5) is 0 Å². The second kappa shape index (κ2) is 8.73. The summed E-state index contributed by atoms with van der Waals surface area (Å²) in [6.45, 7) is 19.9. The fraction of sp³-hybridized carbons (Fsp3) is 1.00. The molecule has 0 aliphatic rings. The van der Waals surface area contributed by atoms with Crippen molar-refractivity contribution in [2.75, 3.05) is 0 Å². The summed E-state index contributed by atoms with van der Waals surface area (Å²) in [4.78, 5) is 0. The molecule has 0 aromatic heterocycles. The summed E-state index contributed by atoms with van der Waals surface area (Å²) in [7, 11) is -1.78. The lowest BCUT2D eigenvalue weighted by molar-refractivity contribution is -0.274. The van der Waals surface area contributed by atoms with Crippen LogP contribution in [0.25, 0.3) is 0 Å². The van der Waals surface area contributed by atoms with Gasteiger partial charge in [-0.3, -0.25) is 0 Å². The molecule has 0 rings (SSSR count). The molecule has 131 valence electrons. The van der Waals surface area contributed by atoms with Crippen molar-refractivity contribution in [3.8, 4) is 0 Å². The Morgan fingerprint density at radius 1 is 0.636 bits per heavy atom. The smallest absolute Gasteiger partial charge is 0.254 e. The first kappa shape index (κ1) is 22.7.